The van der Waals surface area contributed by atoms with Crippen LogP contribution in [0, 0.1) is 31.1 Å². The number of hydrogen-bond acceptors (Lipinski definition) is 1. The Bertz CT molecular complexity index is 44.1. The average molecular weight is 312 g/mol. The van der Waals surface area contributed by atoms with Crippen LogP contribution >= 0.6 is 0 Å². The molecule has 0 aliphatic rings. The van der Waals surface area contributed by atoms with E-state index in [-0.39, 0.29) is 37.5 Å². The van der Waals surface area contributed by atoms with Gasteiger partial charge in [0.1, 0.15) is 0 Å². The maximum Gasteiger partial charge on any atom is 0.303 e. The van der Waals surface area contributed by atoms with E-state index in [0.717, 1.165) is 0 Å². The van der Waals surface area contributed by atoms with Crippen LogP contribution in [0.3, 0.4) is 0 Å². The fourth-order valence-corrected chi connectivity index (χ4v) is 0. The Morgan fingerprint density at radius 2 is 2.00 bits per heavy atom. The molecule has 1 N–H and O–H groups in total. The van der Waals surface area contributed by atoms with E-state index in [4.69, 9.17) is 5.11 Å². The van der Waals surface area contributed by atoms with Crippen molar-refractivity contribution < 1.29 is 41.0 Å². The fourth-order valence-electron chi connectivity index (χ4n) is 0. The van der Waals surface area contributed by atoms with Crippen molar-refractivity contribution in [2.24, 2.45) is 0 Å². The summed E-state index contributed by atoms with van der Waals surface area (Å²) in [5.41, 5.74) is 0. The standard InChI is InChI=1S/C3H6O2.U/c1-2-3(4)5;/h2H2,1H3,(H,4,5);. The molecule has 0 saturated carbocycles. The SMILES string of the molecule is CCC(=O)O.[U]. The minimum Gasteiger partial charge on any atom is -0.481 e. The van der Waals surface area contributed by atoms with Gasteiger partial charge < -0.3 is 5.11 Å². The number of carboxylic acid groups (broad SMARTS) is 1. The Balaban J connectivity index is 0. The van der Waals surface area contributed by atoms with E-state index in [1.165, 1.54) is 0 Å². The summed E-state index contributed by atoms with van der Waals surface area (Å²) in [4.78, 5) is 9.37. The fraction of sp³-hybridized carbons (Fsp3) is 0.667. The van der Waals surface area contributed by atoms with Gasteiger partial charge in [-0.2, -0.15) is 0 Å². The van der Waals surface area contributed by atoms with Gasteiger partial charge in [-0.1, -0.05) is 6.92 Å². The number of hydrogen-bond donors (Lipinski definition) is 1. The zero-order valence-electron chi connectivity index (χ0n) is 3.56. The first kappa shape index (κ1) is 9.73. The molecule has 0 aromatic heterocycles. The van der Waals surface area contributed by atoms with Crippen LogP contribution in [0.2, 0.25) is 0 Å². The number of aliphatic carboxylic acids is 1. The molecule has 0 heterocycles. The Morgan fingerprint density at radius 1 is 1.83 bits per heavy atom. The Labute approximate surface area is 60.3 Å². The van der Waals surface area contributed by atoms with E-state index >= 15 is 0 Å². The Hall–Kier alpha value is 0.522. The summed E-state index contributed by atoms with van der Waals surface area (Å²) in [5, 5.41) is 7.72. The molecule has 0 amide bonds. The summed E-state index contributed by atoms with van der Waals surface area (Å²) in [6.07, 6.45) is 0.222. The van der Waals surface area contributed by atoms with Crippen LogP contribution in [0.1, 0.15) is 13.3 Å². The van der Waals surface area contributed by atoms with Gasteiger partial charge in [-0.05, 0) is 0 Å². The summed E-state index contributed by atoms with van der Waals surface area (Å²) in [6, 6.07) is 0. The molecule has 0 bridgehead atoms. The normalized spacial score (nSPS) is 6.17. The Morgan fingerprint density at radius 3 is 2.00 bits per heavy atom. The number of carbonyl (C=O) groups is 1. The van der Waals surface area contributed by atoms with Crippen LogP contribution in [-0.2, 0) is 4.79 Å². The van der Waals surface area contributed by atoms with E-state index in [1.807, 2.05) is 0 Å². The molecule has 2 nitrogen and oxygen atoms in total. The van der Waals surface area contributed by atoms with Crippen LogP contribution in [-0.4, -0.2) is 11.1 Å². The third-order valence-electron chi connectivity index (χ3n) is 0.302. The maximum atomic E-state index is 9.37. The summed E-state index contributed by atoms with van der Waals surface area (Å²) in [5.74, 6) is -0.745. The van der Waals surface area contributed by atoms with E-state index in [1.54, 1.807) is 6.92 Å². The molecule has 0 spiro atoms. The number of rotatable bonds is 1. The van der Waals surface area contributed by atoms with Crippen molar-refractivity contribution in [1.29, 1.82) is 0 Å². The molecule has 0 radical (unpaired) electrons. The van der Waals surface area contributed by atoms with E-state index < -0.39 is 5.97 Å². The van der Waals surface area contributed by atoms with Gasteiger partial charge in [-0.3, -0.25) is 4.79 Å². The zero-order valence-corrected chi connectivity index (χ0v) is 7.73. The van der Waals surface area contributed by atoms with Gasteiger partial charge in [0.15, 0.2) is 0 Å². The van der Waals surface area contributed by atoms with Crippen LogP contribution in [0.15, 0.2) is 0 Å². The summed E-state index contributed by atoms with van der Waals surface area (Å²) in [7, 11) is 0. The molecule has 34 valence electrons. The largest absolute Gasteiger partial charge is 0.481 e. The molecule has 0 aromatic carbocycles. The molecule has 0 aliphatic heterocycles. The smallest absolute Gasteiger partial charge is 0.303 e. The quantitative estimate of drug-likeness (QED) is 0.765. The van der Waals surface area contributed by atoms with Gasteiger partial charge in [-0.15, -0.1) is 0 Å². The minimum atomic E-state index is -0.745. The van der Waals surface area contributed by atoms with Crippen LogP contribution in [0.5, 0.6) is 0 Å². The van der Waals surface area contributed by atoms with Crippen LogP contribution in [0.4, 0.5) is 0 Å². The van der Waals surface area contributed by atoms with Crippen molar-refractivity contribution in [2.45, 2.75) is 13.3 Å². The third-order valence-corrected chi connectivity index (χ3v) is 0.302. The first-order valence-corrected chi connectivity index (χ1v) is 1.49. The molecule has 0 aromatic rings. The first-order chi connectivity index (χ1) is 2.27. The van der Waals surface area contributed by atoms with Crippen molar-refractivity contribution in [2.75, 3.05) is 0 Å². The van der Waals surface area contributed by atoms with Gasteiger partial charge in [-0.25, -0.2) is 0 Å². The van der Waals surface area contributed by atoms with Gasteiger partial charge in [0.05, 0.1) is 0 Å². The number of carboxylic acids is 1. The predicted molar refractivity (Wildman–Crippen MR) is 17.9 cm³/mol. The molecule has 0 saturated heterocycles. The van der Waals surface area contributed by atoms with Gasteiger partial charge in [0, 0.05) is 37.5 Å². The van der Waals surface area contributed by atoms with Crippen LogP contribution in [0.25, 0.3) is 0 Å². The second kappa shape index (κ2) is 5.52. The van der Waals surface area contributed by atoms with Crippen molar-refractivity contribution in [3.05, 3.63) is 0 Å². The summed E-state index contributed by atoms with van der Waals surface area (Å²) < 4.78 is 0. The van der Waals surface area contributed by atoms with Gasteiger partial charge >= 0.3 is 5.97 Å². The zero-order chi connectivity index (χ0) is 4.28. The summed E-state index contributed by atoms with van der Waals surface area (Å²) in [6.45, 7) is 1.60. The third kappa shape index (κ3) is 8.82. The van der Waals surface area contributed by atoms with E-state index in [0.29, 0.717) is 0 Å². The molecule has 0 rings (SSSR count). The van der Waals surface area contributed by atoms with Gasteiger partial charge in [0.25, 0.3) is 0 Å². The van der Waals surface area contributed by atoms with Crippen molar-refractivity contribution in [3.8, 4) is 0 Å². The molecule has 0 atom stereocenters. The van der Waals surface area contributed by atoms with Crippen molar-refractivity contribution in [3.63, 3.8) is 0 Å². The Kier molecular flexibility index (Phi) is 8.95. The second-order valence-electron chi connectivity index (χ2n) is 0.747. The van der Waals surface area contributed by atoms with Crippen molar-refractivity contribution in [1.82, 2.24) is 0 Å². The topological polar surface area (TPSA) is 37.3 Å². The molecule has 3 heteroatoms. The van der Waals surface area contributed by atoms with E-state index in [2.05, 4.69) is 0 Å². The van der Waals surface area contributed by atoms with Gasteiger partial charge in [0.2, 0.25) is 0 Å². The monoisotopic (exact) mass is 312 g/mol. The molecular formula is C3H6O2U. The molecule has 0 fully saturated rings. The van der Waals surface area contributed by atoms with Crippen LogP contribution < -0.4 is 0 Å². The molecular weight excluding hydrogens is 306 g/mol. The van der Waals surface area contributed by atoms with Crippen molar-refractivity contribution >= 4 is 5.97 Å². The second-order valence-corrected chi connectivity index (χ2v) is 0.747. The summed E-state index contributed by atoms with van der Waals surface area (Å²) >= 11 is 0. The molecule has 0 aliphatic carbocycles. The first-order valence-electron chi connectivity index (χ1n) is 1.49. The average Bonchev–Trinajstić information content (AvgIpc) is 1.38. The minimum absolute atomic E-state index is 0. The molecule has 0 unspecified atom stereocenters. The molecule has 6 heavy (non-hydrogen) atoms. The van der Waals surface area contributed by atoms with E-state index in [9.17, 15) is 4.79 Å². The predicted octanol–water partition coefficient (Wildman–Crippen LogP) is 0.481. The maximum absolute atomic E-state index is 9.37.